The topological polar surface area (TPSA) is 66.4 Å². The van der Waals surface area contributed by atoms with E-state index in [2.05, 4.69) is 19.2 Å². The van der Waals surface area contributed by atoms with E-state index < -0.39 is 11.9 Å². The normalized spacial score (nSPS) is 37.0. The molecule has 0 spiro atoms. The minimum absolute atomic E-state index is 0.0166. The van der Waals surface area contributed by atoms with Crippen molar-refractivity contribution in [2.24, 2.45) is 23.7 Å². The van der Waals surface area contributed by atoms with Crippen molar-refractivity contribution in [3.63, 3.8) is 0 Å². The Kier molecular flexibility index (Phi) is 5.65. The zero-order chi connectivity index (χ0) is 15.4. The van der Waals surface area contributed by atoms with E-state index in [4.69, 9.17) is 0 Å². The number of hydrogen-bond donors (Lipinski definition) is 2. The molecule has 0 bridgehead atoms. The highest BCUT2D eigenvalue weighted by Gasteiger charge is 2.42. The van der Waals surface area contributed by atoms with Crippen LogP contribution in [0.4, 0.5) is 0 Å². The van der Waals surface area contributed by atoms with Crippen LogP contribution >= 0.6 is 0 Å². The Bertz CT molecular complexity index is 382. The first-order valence-electron chi connectivity index (χ1n) is 8.56. The number of nitrogens with one attached hydrogen (secondary N) is 1. The predicted molar refractivity (Wildman–Crippen MR) is 81.8 cm³/mol. The molecule has 2 aliphatic rings. The highest BCUT2D eigenvalue weighted by atomic mass is 16.4. The standard InChI is InChI=1S/C17H29NO3/c1-3-12-9-13(14(10-12)17(20)21)16(19)18-15-8-6-4-5-7-11(15)2/h11-15H,3-10H2,1-2H3,(H,18,19)(H,20,21)/t11?,12?,13-,14+,15?/m0/s1. The predicted octanol–water partition coefficient (Wildman–Crippen LogP) is 3.21. The van der Waals surface area contributed by atoms with Crippen molar-refractivity contribution < 1.29 is 14.7 Å². The van der Waals surface area contributed by atoms with Gasteiger partial charge in [-0.05, 0) is 37.5 Å². The molecule has 2 fully saturated rings. The number of carbonyl (C=O) groups is 2. The van der Waals surface area contributed by atoms with Crippen LogP contribution < -0.4 is 5.32 Å². The number of carboxylic acids is 1. The van der Waals surface area contributed by atoms with Gasteiger partial charge in [0, 0.05) is 6.04 Å². The molecule has 3 unspecified atom stereocenters. The molecule has 0 saturated heterocycles. The first kappa shape index (κ1) is 16.3. The van der Waals surface area contributed by atoms with Crippen molar-refractivity contribution >= 4 is 11.9 Å². The zero-order valence-corrected chi connectivity index (χ0v) is 13.3. The van der Waals surface area contributed by atoms with Gasteiger partial charge in [-0.15, -0.1) is 0 Å². The second kappa shape index (κ2) is 7.28. The highest BCUT2D eigenvalue weighted by molar-refractivity contribution is 5.85. The first-order chi connectivity index (χ1) is 10.0. The fraction of sp³-hybridized carbons (Fsp3) is 0.882. The largest absolute Gasteiger partial charge is 0.481 e. The summed E-state index contributed by atoms with van der Waals surface area (Å²) in [7, 11) is 0. The number of rotatable bonds is 4. The third-order valence-corrected chi connectivity index (χ3v) is 5.58. The minimum Gasteiger partial charge on any atom is -0.481 e. The van der Waals surface area contributed by atoms with Crippen LogP contribution in [0.5, 0.6) is 0 Å². The molecule has 2 aliphatic carbocycles. The van der Waals surface area contributed by atoms with Crippen molar-refractivity contribution in [3.05, 3.63) is 0 Å². The number of aliphatic carboxylic acids is 1. The summed E-state index contributed by atoms with van der Waals surface area (Å²) in [5.41, 5.74) is 0. The highest BCUT2D eigenvalue weighted by Crippen LogP contribution is 2.38. The SMILES string of the molecule is CCC1C[C@H](C(=O)NC2CCCCCC2C)[C@H](C(=O)O)C1. The van der Waals surface area contributed by atoms with Gasteiger partial charge in [0.15, 0.2) is 0 Å². The van der Waals surface area contributed by atoms with Gasteiger partial charge in [-0.3, -0.25) is 9.59 Å². The van der Waals surface area contributed by atoms with Crippen LogP contribution in [0.1, 0.15) is 65.2 Å². The molecule has 2 saturated carbocycles. The molecule has 5 atom stereocenters. The van der Waals surface area contributed by atoms with E-state index in [1.165, 1.54) is 19.3 Å². The summed E-state index contributed by atoms with van der Waals surface area (Å²) in [5, 5.41) is 12.5. The van der Waals surface area contributed by atoms with Crippen molar-refractivity contribution in [2.75, 3.05) is 0 Å². The number of carboxylic acid groups (broad SMARTS) is 1. The maximum atomic E-state index is 12.6. The van der Waals surface area contributed by atoms with Gasteiger partial charge in [0.25, 0.3) is 0 Å². The third kappa shape index (κ3) is 3.98. The molecule has 0 aromatic heterocycles. The quantitative estimate of drug-likeness (QED) is 0.783. The molecule has 4 nitrogen and oxygen atoms in total. The van der Waals surface area contributed by atoms with Gasteiger partial charge >= 0.3 is 5.97 Å². The van der Waals surface area contributed by atoms with E-state index in [0.29, 0.717) is 18.3 Å². The van der Waals surface area contributed by atoms with Crippen molar-refractivity contribution in [3.8, 4) is 0 Å². The molecule has 2 rings (SSSR count). The third-order valence-electron chi connectivity index (χ3n) is 5.58. The van der Waals surface area contributed by atoms with E-state index in [0.717, 1.165) is 25.7 Å². The van der Waals surface area contributed by atoms with E-state index in [9.17, 15) is 14.7 Å². The van der Waals surface area contributed by atoms with Gasteiger partial charge in [-0.2, -0.15) is 0 Å². The number of hydrogen-bond acceptors (Lipinski definition) is 2. The zero-order valence-electron chi connectivity index (χ0n) is 13.3. The Labute approximate surface area is 127 Å². The van der Waals surface area contributed by atoms with Gasteiger partial charge < -0.3 is 10.4 Å². The van der Waals surface area contributed by atoms with E-state index in [-0.39, 0.29) is 17.9 Å². The van der Waals surface area contributed by atoms with Crippen LogP contribution in [0.15, 0.2) is 0 Å². The maximum Gasteiger partial charge on any atom is 0.307 e. The molecular weight excluding hydrogens is 266 g/mol. The van der Waals surface area contributed by atoms with Crippen LogP contribution in [0, 0.1) is 23.7 Å². The lowest BCUT2D eigenvalue weighted by Crippen LogP contribution is -2.43. The van der Waals surface area contributed by atoms with Crippen molar-refractivity contribution in [1.29, 1.82) is 0 Å². The monoisotopic (exact) mass is 295 g/mol. The minimum atomic E-state index is -0.806. The Hall–Kier alpha value is -1.06. The molecular formula is C17H29NO3. The lowest BCUT2D eigenvalue weighted by Gasteiger charge is -2.25. The van der Waals surface area contributed by atoms with Gasteiger partial charge in [0.2, 0.25) is 5.91 Å². The van der Waals surface area contributed by atoms with E-state index in [1.807, 2.05) is 0 Å². The van der Waals surface area contributed by atoms with Crippen LogP contribution in [-0.2, 0) is 9.59 Å². The Balaban J connectivity index is 1.99. The summed E-state index contributed by atoms with van der Waals surface area (Å²) in [6.07, 6.45) is 8.21. The van der Waals surface area contributed by atoms with Gasteiger partial charge in [-0.25, -0.2) is 0 Å². The summed E-state index contributed by atoms with van der Waals surface area (Å²) in [4.78, 5) is 24.0. The molecule has 21 heavy (non-hydrogen) atoms. The van der Waals surface area contributed by atoms with Crippen molar-refractivity contribution in [2.45, 2.75) is 71.3 Å². The van der Waals surface area contributed by atoms with Crippen LogP contribution in [0.2, 0.25) is 0 Å². The summed E-state index contributed by atoms with van der Waals surface area (Å²) in [6.45, 7) is 4.28. The van der Waals surface area contributed by atoms with E-state index in [1.54, 1.807) is 0 Å². The molecule has 0 heterocycles. The van der Waals surface area contributed by atoms with E-state index >= 15 is 0 Å². The summed E-state index contributed by atoms with van der Waals surface area (Å²) in [6, 6.07) is 0.232. The Morgan fingerprint density at radius 1 is 1.10 bits per heavy atom. The van der Waals surface area contributed by atoms with Gasteiger partial charge in [0.1, 0.15) is 0 Å². The van der Waals surface area contributed by atoms with Gasteiger partial charge in [0.05, 0.1) is 11.8 Å². The molecule has 0 aromatic rings. The lowest BCUT2D eigenvalue weighted by atomic mass is 9.92. The number of amides is 1. The molecule has 1 amide bonds. The molecule has 0 aliphatic heterocycles. The first-order valence-corrected chi connectivity index (χ1v) is 8.56. The average molecular weight is 295 g/mol. The summed E-state index contributed by atoms with van der Waals surface area (Å²) < 4.78 is 0. The number of carbonyl (C=O) groups excluding carboxylic acids is 1. The second-order valence-electron chi connectivity index (χ2n) is 7.03. The Morgan fingerprint density at radius 3 is 2.43 bits per heavy atom. The van der Waals surface area contributed by atoms with Crippen LogP contribution in [-0.4, -0.2) is 23.0 Å². The van der Waals surface area contributed by atoms with Crippen LogP contribution in [0.3, 0.4) is 0 Å². The lowest BCUT2D eigenvalue weighted by molar-refractivity contribution is -0.146. The van der Waals surface area contributed by atoms with Crippen LogP contribution in [0.25, 0.3) is 0 Å². The average Bonchev–Trinajstić information content (AvgIpc) is 2.80. The fourth-order valence-corrected chi connectivity index (χ4v) is 4.04. The molecule has 2 N–H and O–H groups in total. The molecule has 0 radical (unpaired) electrons. The summed E-state index contributed by atoms with van der Waals surface area (Å²) >= 11 is 0. The Morgan fingerprint density at radius 2 is 1.76 bits per heavy atom. The smallest absolute Gasteiger partial charge is 0.307 e. The molecule has 120 valence electrons. The summed E-state index contributed by atoms with van der Waals surface area (Å²) in [5.74, 6) is -0.757. The molecule has 0 aromatic carbocycles. The van der Waals surface area contributed by atoms with Gasteiger partial charge in [-0.1, -0.05) is 39.5 Å². The second-order valence-corrected chi connectivity index (χ2v) is 7.03. The molecule has 4 heteroatoms. The van der Waals surface area contributed by atoms with Crippen molar-refractivity contribution in [1.82, 2.24) is 5.32 Å². The fourth-order valence-electron chi connectivity index (χ4n) is 4.04. The maximum absolute atomic E-state index is 12.6.